The number of benzene rings is 1. The van der Waals surface area contributed by atoms with Crippen LogP contribution in [-0.4, -0.2) is 31.8 Å². The standard InChI is InChI=1S/C22H16ClF3N4O2/c23-17-8-13(18(32)11-31)9-28-19(17)14-7-12-5-6-27-21(20(12)29-10-14)30-16-3-1-15(2-4-16)22(24,25)26/h1-10,18,31-32H,11H2,(H,27,30)/t18-/m0/s1. The lowest BCUT2D eigenvalue weighted by Crippen LogP contribution is -2.04. The maximum Gasteiger partial charge on any atom is 0.416 e. The van der Waals surface area contributed by atoms with E-state index in [-0.39, 0.29) is 5.02 Å². The van der Waals surface area contributed by atoms with Crippen molar-refractivity contribution in [1.82, 2.24) is 15.0 Å². The van der Waals surface area contributed by atoms with Crippen LogP contribution in [0.4, 0.5) is 24.7 Å². The number of halogens is 4. The molecule has 1 atom stereocenters. The minimum atomic E-state index is -4.40. The molecule has 0 amide bonds. The van der Waals surface area contributed by atoms with Gasteiger partial charge in [-0.3, -0.25) is 9.97 Å². The van der Waals surface area contributed by atoms with E-state index in [1.807, 2.05) is 0 Å². The Balaban J connectivity index is 1.64. The summed E-state index contributed by atoms with van der Waals surface area (Å²) < 4.78 is 38.3. The molecule has 0 saturated heterocycles. The van der Waals surface area contributed by atoms with Gasteiger partial charge in [0.25, 0.3) is 0 Å². The summed E-state index contributed by atoms with van der Waals surface area (Å²) in [6.45, 7) is -0.448. The zero-order valence-corrected chi connectivity index (χ0v) is 17.1. The first kappa shape index (κ1) is 21.9. The summed E-state index contributed by atoms with van der Waals surface area (Å²) in [5, 5.41) is 22.8. The van der Waals surface area contributed by atoms with Gasteiger partial charge in [0.15, 0.2) is 5.82 Å². The first-order valence-corrected chi connectivity index (χ1v) is 9.78. The Morgan fingerprint density at radius 2 is 1.75 bits per heavy atom. The topological polar surface area (TPSA) is 91.2 Å². The van der Waals surface area contributed by atoms with E-state index in [1.165, 1.54) is 24.4 Å². The highest BCUT2D eigenvalue weighted by Crippen LogP contribution is 2.32. The van der Waals surface area contributed by atoms with Gasteiger partial charge in [-0.2, -0.15) is 13.2 Å². The van der Waals surface area contributed by atoms with Gasteiger partial charge in [-0.15, -0.1) is 0 Å². The van der Waals surface area contributed by atoms with Crippen molar-refractivity contribution in [3.63, 3.8) is 0 Å². The molecule has 32 heavy (non-hydrogen) atoms. The van der Waals surface area contributed by atoms with E-state index in [4.69, 9.17) is 16.7 Å². The average Bonchev–Trinajstić information content (AvgIpc) is 2.78. The largest absolute Gasteiger partial charge is 0.416 e. The average molecular weight is 461 g/mol. The maximum atomic E-state index is 12.8. The summed E-state index contributed by atoms with van der Waals surface area (Å²) in [4.78, 5) is 13.0. The van der Waals surface area contributed by atoms with Gasteiger partial charge < -0.3 is 15.5 Å². The van der Waals surface area contributed by atoms with Crippen LogP contribution in [0.5, 0.6) is 0 Å². The highest BCUT2D eigenvalue weighted by Gasteiger charge is 2.30. The van der Waals surface area contributed by atoms with E-state index >= 15 is 0 Å². The molecule has 0 spiro atoms. The van der Waals surface area contributed by atoms with Crippen LogP contribution in [0.15, 0.2) is 61.1 Å². The minimum absolute atomic E-state index is 0.285. The van der Waals surface area contributed by atoms with Crippen LogP contribution in [0.2, 0.25) is 5.02 Å². The molecule has 3 heterocycles. The molecule has 0 aliphatic heterocycles. The first-order chi connectivity index (χ1) is 15.3. The molecule has 0 fully saturated rings. The van der Waals surface area contributed by atoms with Crippen molar-refractivity contribution in [2.75, 3.05) is 11.9 Å². The van der Waals surface area contributed by atoms with Crippen LogP contribution in [0, 0.1) is 0 Å². The lowest BCUT2D eigenvalue weighted by Gasteiger charge is -2.12. The number of alkyl halides is 3. The second-order valence-corrected chi connectivity index (χ2v) is 7.36. The molecule has 6 nitrogen and oxygen atoms in total. The summed E-state index contributed by atoms with van der Waals surface area (Å²) in [5.41, 5.74) is 1.68. The summed E-state index contributed by atoms with van der Waals surface area (Å²) in [5.74, 6) is 0.384. The van der Waals surface area contributed by atoms with Gasteiger partial charge in [-0.05, 0) is 42.5 Å². The molecular formula is C22H16ClF3N4O2. The van der Waals surface area contributed by atoms with Crippen molar-refractivity contribution < 1.29 is 23.4 Å². The van der Waals surface area contributed by atoms with Crippen LogP contribution in [0.3, 0.4) is 0 Å². The molecular weight excluding hydrogens is 445 g/mol. The van der Waals surface area contributed by atoms with E-state index in [9.17, 15) is 18.3 Å². The van der Waals surface area contributed by atoms with Gasteiger partial charge >= 0.3 is 6.18 Å². The number of pyridine rings is 3. The fraction of sp³-hybridized carbons (Fsp3) is 0.136. The number of fused-ring (bicyclic) bond motifs is 1. The SMILES string of the molecule is OC[C@H](O)c1cnc(-c2cnc3c(Nc4ccc(C(F)(F)F)cc4)nccc3c2)c(Cl)c1. The highest BCUT2D eigenvalue weighted by molar-refractivity contribution is 6.33. The van der Waals surface area contributed by atoms with E-state index < -0.39 is 24.5 Å². The Morgan fingerprint density at radius 1 is 1.00 bits per heavy atom. The number of aliphatic hydroxyl groups is 2. The summed E-state index contributed by atoms with van der Waals surface area (Å²) >= 11 is 6.31. The van der Waals surface area contributed by atoms with Crippen molar-refractivity contribution in [1.29, 1.82) is 0 Å². The molecule has 0 radical (unpaired) electrons. The second kappa shape index (κ2) is 8.70. The van der Waals surface area contributed by atoms with E-state index in [2.05, 4.69) is 20.3 Å². The predicted molar refractivity (Wildman–Crippen MR) is 115 cm³/mol. The number of hydrogen-bond donors (Lipinski definition) is 3. The number of hydrogen-bond acceptors (Lipinski definition) is 6. The minimum Gasteiger partial charge on any atom is -0.393 e. The van der Waals surface area contributed by atoms with Crippen LogP contribution >= 0.6 is 11.6 Å². The van der Waals surface area contributed by atoms with Crippen LogP contribution < -0.4 is 5.32 Å². The first-order valence-electron chi connectivity index (χ1n) is 9.40. The molecule has 3 aromatic heterocycles. The predicted octanol–water partition coefficient (Wildman–Crippen LogP) is 5.13. The third kappa shape index (κ3) is 4.50. The zero-order valence-electron chi connectivity index (χ0n) is 16.3. The number of aliphatic hydroxyl groups excluding tert-OH is 2. The van der Waals surface area contributed by atoms with Gasteiger partial charge in [0.2, 0.25) is 0 Å². The molecule has 3 N–H and O–H groups in total. The molecule has 0 saturated carbocycles. The Kier molecular flexibility index (Phi) is 5.96. The number of aromatic nitrogens is 3. The maximum absolute atomic E-state index is 12.8. The van der Waals surface area contributed by atoms with Gasteiger partial charge in [0, 0.05) is 40.8 Å². The number of rotatable bonds is 5. The monoisotopic (exact) mass is 460 g/mol. The van der Waals surface area contributed by atoms with Crippen molar-refractivity contribution in [3.05, 3.63) is 77.2 Å². The van der Waals surface area contributed by atoms with Crippen LogP contribution in [0.1, 0.15) is 17.2 Å². The molecule has 164 valence electrons. The Hall–Kier alpha value is -3.27. The molecule has 10 heteroatoms. The summed E-state index contributed by atoms with van der Waals surface area (Å²) in [7, 11) is 0. The molecule has 0 aliphatic rings. The van der Waals surface area contributed by atoms with Gasteiger partial charge in [0.1, 0.15) is 11.6 Å². The number of nitrogens with one attached hydrogen (secondary N) is 1. The van der Waals surface area contributed by atoms with Crippen LogP contribution in [-0.2, 0) is 6.18 Å². The van der Waals surface area contributed by atoms with Crippen molar-refractivity contribution in [3.8, 4) is 11.3 Å². The molecule has 0 unspecified atom stereocenters. The summed E-state index contributed by atoms with van der Waals surface area (Å²) in [6.07, 6.45) is -0.948. The van der Waals surface area contributed by atoms with E-state index in [0.29, 0.717) is 39.2 Å². The van der Waals surface area contributed by atoms with Crippen LogP contribution in [0.25, 0.3) is 22.2 Å². The summed E-state index contributed by atoms with van der Waals surface area (Å²) in [6, 6.07) is 9.70. The third-order valence-corrected chi connectivity index (χ3v) is 5.06. The zero-order chi connectivity index (χ0) is 22.9. The fourth-order valence-electron chi connectivity index (χ4n) is 3.11. The lowest BCUT2D eigenvalue weighted by molar-refractivity contribution is -0.137. The van der Waals surface area contributed by atoms with Gasteiger partial charge in [-0.25, -0.2) is 4.98 Å². The Morgan fingerprint density at radius 3 is 2.41 bits per heavy atom. The highest BCUT2D eigenvalue weighted by atomic mass is 35.5. The fourth-order valence-corrected chi connectivity index (χ4v) is 3.40. The van der Waals surface area contributed by atoms with Crippen molar-refractivity contribution >= 4 is 34.0 Å². The molecule has 1 aromatic carbocycles. The van der Waals surface area contributed by atoms with Crippen molar-refractivity contribution in [2.24, 2.45) is 0 Å². The second-order valence-electron chi connectivity index (χ2n) is 6.95. The number of anilines is 2. The molecule has 4 aromatic rings. The van der Waals surface area contributed by atoms with Gasteiger partial charge in [0.05, 0.1) is 22.9 Å². The van der Waals surface area contributed by atoms with Gasteiger partial charge in [-0.1, -0.05) is 11.6 Å². The quantitative estimate of drug-likeness (QED) is 0.382. The Bertz CT molecular complexity index is 1270. The third-order valence-electron chi connectivity index (χ3n) is 4.77. The molecule has 0 aliphatic carbocycles. The van der Waals surface area contributed by atoms with E-state index in [1.54, 1.807) is 24.5 Å². The van der Waals surface area contributed by atoms with Crippen molar-refractivity contribution in [2.45, 2.75) is 12.3 Å². The van der Waals surface area contributed by atoms with E-state index in [0.717, 1.165) is 12.1 Å². The smallest absolute Gasteiger partial charge is 0.393 e. The lowest BCUT2D eigenvalue weighted by atomic mass is 10.1. The number of nitrogens with zero attached hydrogens (tertiary/aromatic N) is 3. The molecule has 0 bridgehead atoms. The Labute approximate surface area is 185 Å². The molecule has 4 rings (SSSR count). The normalized spacial score (nSPS) is 12.7.